The summed E-state index contributed by atoms with van der Waals surface area (Å²) in [6.07, 6.45) is 0. The van der Waals surface area contributed by atoms with Crippen molar-refractivity contribution in [2.24, 2.45) is 0 Å². The molecule has 0 radical (unpaired) electrons. The molecule has 0 unspecified atom stereocenters. The molecular weight excluding hydrogens is 166 g/mol. The molecule has 4 N–H and O–H groups in total. The molecule has 1 heterocycles. The van der Waals surface area contributed by atoms with Crippen molar-refractivity contribution in [1.82, 2.24) is 4.98 Å². The van der Waals surface area contributed by atoms with E-state index in [4.69, 9.17) is 11.1 Å². The number of anilines is 1. The zero-order chi connectivity index (χ0) is 5.28. The van der Waals surface area contributed by atoms with Crippen molar-refractivity contribution in [3.8, 4) is 0 Å². The number of aromatic nitrogens is 1. The molecule has 3 nitrogen and oxygen atoms in total. The lowest BCUT2D eigenvalue weighted by Gasteiger charge is -1.56. The predicted molar refractivity (Wildman–Crippen MR) is 29.5 cm³/mol. The van der Waals surface area contributed by atoms with Gasteiger partial charge in [0.05, 0.1) is 0 Å². The van der Waals surface area contributed by atoms with Gasteiger partial charge in [0.2, 0.25) is 0 Å². The van der Waals surface area contributed by atoms with Crippen LogP contribution in [0.3, 0.4) is 0 Å². The molecule has 46 valence electrons. The summed E-state index contributed by atoms with van der Waals surface area (Å²) in [5.41, 5.74) is 5.22. The Morgan fingerprint density at radius 2 is 2.12 bits per heavy atom. The Morgan fingerprint density at radius 1 is 1.50 bits per heavy atom. The molecule has 0 fully saturated rings. The summed E-state index contributed by atoms with van der Waals surface area (Å²) in [5.74, 6) is 0. The highest BCUT2D eigenvalue weighted by molar-refractivity contribution is 7.69. The van der Waals surface area contributed by atoms with Crippen LogP contribution in [0.2, 0.25) is 0 Å². The number of nitrogen functional groups attached to an aromatic ring is 1. The maximum absolute atomic E-state index is 5.22. The molecule has 1 aromatic heterocycles. The van der Waals surface area contributed by atoms with E-state index in [1.54, 1.807) is 0 Å². The van der Waals surface area contributed by atoms with Crippen LogP contribution in [0.1, 0.15) is 0 Å². The second kappa shape index (κ2) is 3.01. The van der Waals surface area contributed by atoms with Crippen LogP contribution in [-0.2, 0) is 0 Å². The number of rotatable bonds is 0. The number of halogens is 1. The minimum absolute atomic E-state index is 0. The largest absolute Gasteiger partial charge is 1.00 e. The van der Waals surface area contributed by atoms with Crippen LogP contribution >= 0.6 is 20.7 Å². The second-order valence-electron chi connectivity index (χ2n) is 0.955. The zero-order valence-electron chi connectivity index (χ0n) is 3.80. The number of hydrogen-bond donors (Lipinski definition) is 2. The molecule has 8 heavy (non-hydrogen) atoms. The Hall–Kier alpha value is -0.130. The van der Waals surface area contributed by atoms with E-state index >= 15 is 0 Å². The quantitative estimate of drug-likeness (QED) is 0.385. The SMILES string of the molecule is Nc1nc(=[NH2+])ss1.[Cl-]. The number of nitrogens with two attached hydrogens (primary N) is 2. The third-order valence-corrected chi connectivity index (χ3v) is 2.31. The van der Waals surface area contributed by atoms with Gasteiger partial charge in [0.15, 0.2) is 0 Å². The van der Waals surface area contributed by atoms with Gasteiger partial charge in [-0.25, -0.2) is 0 Å². The van der Waals surface area contributed by atoms with Gasteiger partial charge in [-0.15, -0.1) is 0 Å². The van der Waals surface area contributed by atoms with Gasteiger partial charge < -0.3 is 18.1 Å². The molecule has 0 spiro atoms. The van der Waals surface area contributed by atoms with Crippen molar-refractivity contribution in [2.45, 2.75) is 0 Å². The predicted octanol–water partition coefficient (Wildman–Crippen LogP) is -4.55. The molecule has 0 saturated carbocycles. The molecule has 1 aromatic rings. The second-order valence-corrected chi connectivity index (χ2v) is 3.12. The molecule has 0 aliphatic carbocycles. The maximum Gasteiger partial charge on any atom is 0.386 e. The average Bonchev–Trinajstić information content (AvgIpc) is 1.87. The lowest BCUT2D eigenvalue weighted by Crippen LogP contribution is -3.00. The summed E-state index contributed by atoms with van der Waals surface area (Å²) < 4.78 is 0. The number of nitrogens with zero attached hydrogens (tertiary/aromatic N) is 1. The fourth-order valence-electron chi connectivity index (χ4n) is 0.231. The molecular formula is C2H4ClN3S2. The maximum atomic E-state index is 5.22. The van der Waals surface area contributed by atoms with Gasteiger partial charge in [-0.2, -0.15) is 0 Å². The van der Waals surface area contributed by atoms with E-state index in [1.807, 2.05) is 0 Å². The van der Waals surface area contributed by atoms with Gasteiger partial charge in [0.25, 0.3) is 0 Å². The topological polar surface area (TPSA) is 64.5 Å². The summed E-state index contributed by atoms with van der Waals surface area (Å²) in [5, 5.41) is 5.76. The summed E-state index contributed by atoms with van der Waals surface area (Å²) in [4.78, 5) is 4.25. The minimum atomic E-state index is 0. The van der Waals surface area contributed by atoms with Crippen LogP contribution in [0, 0.1) is 0 Å². The molecule has 0 atom stereocenters. The highest BCUT2D eigenvalue weighted by atomic mass is 35.5. The van der Waals surface area contributed by atoms with Gasteiger partial charge in [-0.3, -0.25) is 5.41 Å². The summed E-state index contributed by atoms with van der Waals surface area (Å²) in [6.45, 7) is 0. The van der Waals surface area contributed by atoms with Crippen molar-refractivity contribution in [3.05, 3.63) is 4.80 Å². The smallest absolute Gasteiger partial charge is 0.386 e. The third kappa shape index (κ3) is 1.77. The van der Waals surface area contributed by atoms with Crippen LogP contribution in [0.15, 0.2) is 0 Å². The average molecular weight is 170 g/mol. The fraction of sp³-hybridized carbons (Fsp3) is 0. The highest BCUT2D eigenvalue weighted by Crippen LogP contribution is 2.04. The van der Waals surface area contributed by atoms with Crippen LogP contribution in [0.25, 0.3) is 0 Å². The van der Waals surface area contributed by atoms with E-state index in [9.17, 15) is 0 Å². The Labute approximate surface area is 59.5 Å². The first-order chi connectivity index (χ1) is 3.29. The van der Waals surface area contributed by atoms with Gasteiger partial charge in [-0.05, 0) is 10.3 Å². The molecule has 0 saturated heterocycles. The van der Waals surface area contributed by atoms with Gasteiger partial charge in [0.1, 0.15) is 0 Å². The summed E-state index contributed by atoms with van der Waals surface area (Å²) in [6, 6.07) is 0. The Morgan fingerprint density at radius 3 is 2.25 bits per heavy atom. The lowest BCUT2D eigenvalue weighted by atomic mass is 11.2. The monoisotopic (exact) mass is 169 g/mol. The van der Waals surface area contributed by atoms with Gasteiger partial charge >= 0.3 is 9.93 Å². The lowest BCUT2D eigenvalue weighted by molar-refractivity contribution is -0.172. The van der Waals surface area contributed by atoms with Crippen molar-refractivity contribution in [2.75, 3.05) is 5.73 Å². The molecule has 1 rings (SSSR count). The van der Waals surface area contributed by atoms with Crippen LogP contribution < -0.4 is 28.4 Å². The van der Waals surface area contributed by atoms with Crippen LogP contribution in [0.4, 0.5) is 5.13 Å². The third-order valence-electron chi connectivity index (χ3n) is 0.433. The Bertz CT molecular complexity index is 203. The normalized spacial score (nSPS) is 8.00. The van der Waals surface area contributed by atoms with E-state index in [0.717, 1.165) is 0 Å². The standard InChI is InChI=1S/C2H3N3S2.ClH/c3-1-5-2(4)7-6-1;/h(H3,3,4,5);1H. The molecule has 0 amide bonds. The summed E-state index contributed by atoms with van der Waals surface area (Å²) >= 11 is 0. The first kappa shape index (κ1) is 7.87. The molecule has 0 aliphatic rings. The Balaban J connectivity index is 0.000000490. The molecule has 0 bridgehead atoms. The van der Waals surface area contributed by atoms with Gasteiger partial charge in [-0.1, -0.05) is 0 Å². The van der Waals surface area contributed by atoms with E-state index in [1.165, 1.54) is 20.7 Å². The van der Waals surface area contributed by atoms with Crippen LogP contribution in [0.5, 0.6) is 0 Å². The van der Waals surface area contributed by atoms with Crippen LogP contribution in [-0.4, -0.2) is 4.98 Å². The zero-order valence-corrected chi connectivity index (χ0v) is 6.19. The van der Waals surface area contributed by atoms with E-state index in [2.05, 4.69) is 4.98 Å². The van der Waals surface area contributed by atoms with Crippen molar-refractivity contribution < 1.29 is 17.8 Å². The van der Waals surface area contributed by atoms with E-state index in [-0.39, 0.29) is 12.4 Å². The van der Waals surface area contributed by atoms with E-state index < -0.39 is 0 Å². The highest BCUT2D eigenvalue weighted by Gasteiger charge is 1.95. The molecule has 0 aliphatic heterocycles. The van der Waals surface area contributed by atoms with Gasteiger partial charge in [0, 0.05) is 15.3 Å². The first-order valence-corrected chi connectivity index (χ1v) is 3.75. The summed E-state index contributed by atoms with van der Waals surface area (Å²) in [7, 11) is 2.78. The number of hydrogen-bond acceptors (Lipinski definition) is 4. The fourth-order valence-corrected chi connectivity index (χ4v) is 1.47. The first-order valence-electron chi connectivity index (χ1n) is 1.60. The minimum Gasteiger partial charge on any atom is -1.00 e. The molecule has 0 aromatic carbocycles. The Kier molecular flexibility index (Phi) is 2.96. The van der Waals surface area contributed by atoms with Crippen molar-refractivity contribution in [1.29, 1.82) is 0 Å². The van der Waals surface area contributed by atoms with E-state index in [0.29, 0.717) is 9.93 Å². The molecule has 6 heteroatoms. The van der Waals surface area contributed by atoms with Crippen molar-refractivity contribution >= 4 is 25.8 Å². The van der Waals surface area contributed by atoms with Crippen molar-refractivity contribution in [3.63, 3.8) is 0 Å².